The summed E-state index contributed by atoms with van der Waals surface area (Å²) in [6.45, 7) is 2.11. The lowest BCUT2D eigenvalue weighted by Crippen LogP contribution is -2.19. The van der Waals surface area contributed by atoms with Crippen molar-refractivity contribution in [1.82, 2.24) is 0 Å². The van der Waals surface area contributed by atoms with E-state index in [9.17, 15) is 14.7 Å². The molecule has 0 radical (unpaired) electrons. The Kier molecular flexibility index (Phi) is 4.51. The van der Waals surface area contributed by atoms with E-state index in [1.54, 1.807) is 12.1 Å². The van der Waals surface area contributed by atoms with Crippen molar-refractivity contribution in [2.45, 2.75) is 19.8 Å². The topological polar surface area (TPSA) is 63.6 Å². The highest BCUT2D eigenvalue weighted by Gasteiger charge is 2.15. The number of benzene rings is 1. The summed E-state index contributed by atoms with van der Waals surface area (Å²) in [6.07, 6.45) is 0.641. The smallest absolute Gasteiger partial charge is 0.374 e. The Hall–Kier alpha value is -1.84. The summed E-state index contributed by atoms with van der Waals surface area (Å²) >= 11 is 0. The maximum absolute atomic E-state index is 11.4. The molecule has 4 nitrogen and oxygen atoms in total. The summed E-state index contributed by atoms with van der Waals surface area (Å²) in [5, 5.41) is 9.18. The van der Waals surface area contributed by atoms with Crippen LogP contribution in [-0.4, -0.2) is 23.5 Å². The molecule has 0 heterocycles. The molecule has 0 spiro atoms. The van der Waals surface area contributed by atoms with E-state index in [-0.39, 0.29) is 18.8 Å². The van der Waals surface area contributed by atoms with Crippen molar-refractivity contribution in [2.75, 3.05) is 6.61 Å². The Bertz CT molecular complexity index is 384. The predicted octanol–water partition coefficient (Wildman–Crippen LogP) is 1.46. The summed E-state index contributed by atoms with van der Waals surface area (Å²) in [5.74, 6) is -1.34. The van der Waals surface area contributed by atoms with Gasteiger partial charge in [-0.15, -0.1) is 0 Å². The molecule has 16 heavy (non-hydrogen) atoms. The lowest BCUT2D eigenvalue weighted by molar-refractivity contribution is -0.153. The van der Waals surface area contributed by atoms with Crippen LogP contribution in [0.1, 0.15) is 18.9 Å². The normalized spacial score (nSPS) is 9.81. The van der Waals surface area contributed by atoms with Gasteiger partial charge in [-0.25, -0.2) is 4.79 Å². The Balaban J connectivity index is 2.54. The third kappa shape index (κ3) is 3.73. The Morgan fingerprint density at radius 3 is 2.75 bits per heavy atom. The number of Topliss-reactive ketones (excluding diaryl/α,β-unsaturated/α-hetero) is 1. The van der Waals surface area contributed by atoms with Gasteiger partial charge in [0.2, 0.25) is 5.78 Å². The van der Waals surface area contributed by atoms with Crippen molar-refractivity contribution in [2.24, 2.45) is 0 Å². The van der Waals surface area contributed by atoms with Crippen molar-refractivity contribution in [3.63, 3.8) is 0 Å². The first-order valence-electron chi connectivity index (χ1n) is 5.11. The summed E-state index contributed by atoms with van der Waals surface area (Å²) < 4.78 is 4.70. The molecule has 4 heteroatoms. The molecule has 1 aromatic rings. The number of esters is 1. The van der Waals surface area contributed by atoms with Gasteiger partial charge in [-0.1, -0.05) is 19.1 Å². The highest BCUT2D eigenvalue weighted by atomic mass is 16.5. The van der Waals surface area contributed by atoms with Crippen LogP contribution in [-0.2, 0) is 20.7 Å². The lowest BCUT2D eigenvalue weighted by atomic mass is 10.1. The summed E-state index contributed by atoms with van der Waals surface area (Å²) in [7, 11) is 0. The van der Waals surface area contributed by atoms with Crippen molar-refractivity contribution in [1.29, 1.82) is 0 Å². The summed E-state index contributed by atoms with van der Waals surface area (Å²) in [6, 6.07) is 6.24. The first-order valence-corrected chi connectivity index (χ1v) is 5.11. The molecule has 0 saturated carbocycles. The quantitative estimate of drug-likeness (QED) is 0.605. The average molecular weight is 222 g/mol. The average Bonchev–Trinajstić information content (AvgIpc) is 2.25. The number of carbonyl (C=O) groups excluding carboxylic acids is 2. The predicted molar refractivity (Wildman–Crippen MR) is 58.1 cm³/mol. The molecule has 1 N–H and O–H groups in total. The molecule has 0 fully saturated rings. The van der Waals surface area contributed by atoms with Gasteiger partial charge in [0.25, 0.3) is 0 Å². The fourth-order valence-corrected chi connectivity index (χ4v) is 1.20. The highest BCUT2D eigenvalue weighted by Crippen LogP contribution is 2.11. The number of ketones is 1. The van der Waals surface area contributed by atoms with E-state index in [1.807, 2.05) is 6.92 Å². The number of phenolic OH excluding ortho intramolecular Hbond substituents is 1. The van der Waals surface area contributed by atoms with Gasteiger partial charge in [0.15, 0.2) is 0 Å². The van der Waals surface area contributed by atoms with Gasteiger partial charge in [-0.05, 0) is 24.1 Å². The van der Waals surface area contributed by atoms with Gasteiger partial charge in [0, 0.05) is 6.42 Å². The molecule has 0 amide bonds. The van der Waals surface area contributed by atoms with E-state index in [4.69, 9.17) is 4.74 Å². The largest absolute Gasteiger partial charge is 0.508 e. The number of ether oxygens (including phenoxy) is 1. The highest BCUT2D eigenvalue weighted by molar-refractivity contribution is 6.34. The molecule has 1 rings (SSSR count). The van der Waals surface area contributed by atoms with Gasteiger partial charge in [0.1, 0.15) is 5.75 Å². The molecule has 1 aromatic carbocycles. The second kappa shape index (κ2) is 5.90. The van der Waals surface area contributed by atoms with Crippen LogP contribution < -0.4 is 0 Å². The molecule has 0 aliphatic heterocycles. The SMILES string of the molecule is CCCOC(=O)C(=O)Cc1cccc(O)c1. The van der Waals surface area contributed by atoms with Crippen LogP contribution in [0.5, 0.6) is 5.75 Å². The van der Waals surface area contributed by atoms with Crippen LogP contribution in [0.25, 0.3) is 0 Å². The van der Waals surface area contributed by atoms with Gasteiger partial charge in [-0.3, -0.25) is 4.79 Å². The van der Waals surface area contributed by atoms with Gasteiger partial charge in [0.05, 0.1) is 6.61 Å². The molecular formula is C12H14O4. The van der Waals surface area contributed by atoms with Gasteiger partial charge >= 0.3 is 5.97 Å². The van der Waals surface area contributed by atoms with Crippen molar-refractivity contribution in [3.8, 4) is 5.75 Å². The lowest BCUT2D eigenvalue weighted by Gasteiger charge is -2.02. The molecule has 0 saturated heterocycles. The van der Waals surface area contributed by atoms with E-state index in [1.165, 1.54) is 12.1 Å². The van der Waals surface area contributed by atoms with Crippen LogP contribution in [0.2, 0.25) is 0 Å². The fraction of sp³-hybridized carbons (Fsp3) is 0.333. The van der Waals surface area contributed by atoms with Crippen LogP contribution in [0.15, 0.2) is 24.3 Å². The minimum Gasteiger partial charge on any atom is -0.508 e. The zero-order valence-electron chi connectivity index (χ0n) is 9.10. The number of rotatable bonds is 5. The summed E-state index contributed by atoms with van der Waals surface area (Å²) in [5.41, 5.74) is 0.596. The van der Waals surface area contributed by atoms with Crippen LogP contribution >= 0.6 is 0 Å². The number of aromatic hydroxyl groups is 1. The number of carbonyl (C=O) groups is 2. The number of hydrogen-bond acceptors (Lipinski definition) is 4. The molecule has 86 valence electrons. The molecule has 0 aromatic heterocycles. The van der Waals surface area contributed by atoms with E-state index in [0.29, 0.717) is 12.0 Å². The third-order valence-electron chi connectivity index (χ3n) is 1.94. The number of hydrogen-bond donors (Lipinski definition) is 1. The second-order valence-electron chi connectivity index (χ2n) is 3.41. The Labute approximate surface area is 93.9 Å². The Morgan fingerprint density at radius 1 is 1.38 bits per heavy atom. The first kappa shape index (κ1) is 12.2. The van der Waals surface area contributed by atoms with E-state index in [2.05, 4.69) is 0 Å². The van der Waals surface area contributed by atoms with Crippen LogP contribution in [0, 0.1) is 0 Å². The molecule has 0 aliphatic carbocycles. The number of phenols is 1. The zero-order chi connectivity index (χ0) is 12.0. The van der Waals surface area contributed by atoms with E-state index >= 15 is 0 Å². The molecular weight excluding hydrogens is 208 g/mol. The fourth-order valence-electron chi connectivity index (χ4n) is 1.20. The van der Waals surface area contributed by atoms with Crippen LogP contribution in [0.4, 0.5) is 0 Å². The summed E-state index contributed by atoms with van der Waals surface area (Å²) in [4.78, 5) is 22.5. The van der Waals surface area contributed by atoms with Gasteiger partial charge in [-0.2, -0.15) is 0 Å². The minimum absolute atomic E-state index is 0.0447. The molecule has 0 unspecified atom stereocenters. The maximum atomic E-state index is 11.4. The van der Waals surface area contributed by atoms with Crippen molar-refractivity contribution < 1.29 is 19.4 Å². The Morgan fingerprint density at radius 2 is 2.12 bits per heavy atom. The first-order chi connectivity index (χ1) is 7.63. The monoisotopic (exact) mass is 222 g/mol. The van der Waals surface area contributed by atoms with Crippen molar-refractivity contribution >= 4 is 11.8 Å². The van der Waals surface area contributed by atoms with Crippen molar-refractivity contribution in [3.05, 3.63) is 29.8 Å². The second-order valence-corrected chi connectivity index (χ2v) is 3.41. The standard InChI is InChI=1S/C12H14O4/c1-2-6-16-12(15)11(14)8-9-4-3-5-10(13)7-9/h3-5,7,13H,2,6,8H2,1H3. The molecule has 0 bridgehead atoms. The molecule has 0 aliphatic rings. The van der Waals surface area contributed by atoms with Crippen LogP contribution in [0.3, 0.4) is 0 Å². The zero-order valence-corrected chi connectivity index (χ0v) is 9.10. The third-order valence-corrected chi connectivity index (χ3v) is 1.94. The minimum atomic E-state index is -0.815. The van der Waals surface area contributed by atoms with E-state index in [0.717, 1.165) is 0 Å². The molecule has 0 atom stereocenters. The maximum Gasteiger partial charge on any atom is 0.374 e. The van der Waals surface area contributed by atoms with Gasteiger partial charge < -0.3 is 9.84 Å². The van der Waals surface area contributed by atoms with E-state index < -0.39 is 11.8 Å².